The Balaban J connectivity index is 2.73. The minimum Gasteiger partial charge on any atom is -0.377 e. The van der Waals surface area contributed by atoms with Crippen molar-refractivity contribution in [2.45, 2.75) is 32.0 Å². The standard InChI is InChI=1S/C12H21NO3/c1-4-12(14)13-8-6-5-7-10(15-2)11(9-13)16-3/h5,7,10-11H,4,6,8-9H2,1-3H3. The van der Waals surface area contributed by atoms with Crippen molar-refractivity contribution >= 4 is 5.91 Å². The van der Waals surface area contributed by atoms with Gasteiger partial charge in [-0.3, -0.25) is 4.79 Å². The van der Waals surface area contributed by atoms with Crippen LogP contribution in [-0.4, -0.2) is 50.3 Å². The molecular formula is C12H21NO3. The van der Waals surface area contributed by atoms with Gasteiger partial charge >= 0.3 is 0 Å². The van der Waals surface area contributed by atoms with Gasteiger partial charge in [0.2, 0.25) is 5.91 Å². The molecule has 1 rings (SSSR count). The molecule has 16 heavy (non-hydrogen) atoms. The van der Waals surface area contributed by atoms with Gasteiger partial charge in [-0.1, -0.05) is 19.1 Å². The third-order valence-electron chi connectivity index (χ3n) is 2.89. The first-order valence-electron chi connectivity index (χ1n) is 5.73. The third-order valence-corrected chi connectivity index (χ3v) is 2.89. The molecule has 0 aliphatic carbocycles. The van der Waals surface area contributed by atoms with E-state index in [0.29, 0.717) is 13.0 Å². The molecule has 0 aromatic carbocycles. The highest BCUT2D eigenvalue weighted by Gasteiger charge is 2.24. The van der Waals surface area contributed by atoms with Gasteiger partial charge < -0.3 is 14.4 Å². The van der Waals surface area contributed by atoms with E-state index in [1.807, 2.05) is 17.9 Å². The lowest BCUT2D eigenvalue weighted by Gasteiger charge is -2.31. The molecule has 1 aliphatic heterocycles. The minimum atomic E-state index is -0.0861. The van der Waals surface area contributed by atoms with Crippen molar-refractivity contribution in [1.29, 1.82) is 0 Å². The highest BCUT2D eigenvalue weighted by Crippen LogP contribution is 2.12. The van der Waals surface area contributed by atoms with Gasteiger partial charge in [0, 0.05) is 33.7 Å². The van der Waals surface area contributed by atoms with Crippen LogP contribution in [-0.2, 0) is 14.3 Å². The summed E-state index contributed by atoms with van der Waals surface area (Å²) >= 11 is 0. The van der Waals surface area contributed by atoms with E-state index in [-0.39, 0.29) is 18.1 Å². The van der Waals surface area contributed by atoms with Crippen LogP contribution in [0.15, 0.2) is 12.2 Å². The van der Waals surface area contributed by atoms with Crippen LogP contribution in [0.25, 0.3) is 0 Å². The first kappa shape index (κ1) is 13.2. The van der Waals surface area contributed by atoms with Crippen molar-refractivity contribution in [1.82, 2.24) is 4.90 Å². The first-order valence-corrected chi connectivity index (χ1v) is 5.73. The number of ether oxygens (including phenoxy) is 2. The Labute approximate surface area is 97.2 Å². The second-order valence-electron chi connectivity index (χ2n) is 3.88. The zero-order valence-electron chi connectivity index (χ0n) is 10.3. The van der Waals surface area contributed by atoms with E-state index >= 15 is 0 Å². The summed E-state index contributed by atoms with van der Waals surface area (Å²) in [6.07, 6.45) is 5.33. The lowest BCUT2D eigenvalue weighted by molar-refractivity contribution is -0.134. The lowest BCUT2D eigenvalue weighted by Crippen LogP contribution is -2.44. The van der Waals surface area contributed by atoms with Gasteiger partial charge in [-0.25, -0.2) is 0 Å². The van der Waals surface area contributed by atoms with E-state index in [4.69, 9.17) is 9.47 Å². The van der Waals surface area contributed by atoms with Gasteiger partial charge in [-0.2, -0.15) is 0 Å². The van der Waals surface area contributed by atoms with Crippen LogP contribution in [0.1, 0.15) is 19.8 Å². The maximum absolute atomic E-state index is 11.7. The van der Waals surface area contributed by atoms with Crippen molar-refractivity contribution in [3.05, 3.63) is 12.2 Å². The summed E-state index contributed by atoms with van der Waals surface area (Å²) in [7, 11) is 3.31. The molecule has 1 amide bonds. The predicted molar refractivity (Wildman–Crippen MR) is 62.2 cm³/mol. The molecule has 0 bridgehead atoms. The Morgan fingerprint density at radius 1 is 1.44 bits per heavy atom. The summed E-state index contributed by atoms with van der Waals surface area (Å²) in [6.45, 7) is 3.25. The van der Waals surface area contributed by atoms with Crippen LogP contribution in [0.3, 0.4) is 0 Å². The zero-order valence-corrected chi connectivity index (χ0v) is 10.3. The van der Waals surface area contributed by atoms with E-state index in [1.54, 1.807) is 14.2 Å². The molecule has 0 saturated heterocycles. The molecule has 0 saturated carbocycles. The van der Waals surface area contributed by atoms with Crippen molar-refractivity contribution in [3.63, 3.8) is 0 Å². The fourth-order valence-electron chi connectivity index (χ4n) is 1.89. The first-order chi connectivity index (χ1) is 7.72. The van der Waals surface area contributed by atoms with Crippen molar-refractivity contribution < 1.29 is 14.3 Å². The summed E-state index contributed by atoms with van der Waals surface area (Å²) in [5, 5.41) is 0. The molecule has 0 spiro atoms. The Hall–Kier alpha value is -0.870. The molecule has 92 valence electrons. The summed E-state index contributed by atoms with van der Waals surface area (Å²) < 4.78 is 10.7. The number of rotatable bonds is 3. The van der Waals surface area contributed by atoms with Gasteiger partial charge in [0.15, 0.2) is 0 Å². The zero-order chi connectivity index (χ0) is 12.0. The highest BCUT2D eigenvalue weighted by atomic mass is 16.5. The molecule has 0 aromatic heterocycles. The molecule has 0 fully saturated rings. The third kappa shape index (κ3) is 3.32. The number of hydrogen-bond donors (Lipinski definition) is 0. The van der Waals surface area contributed by atoms with Gasteiger partial charge in [-0.05, 0) is 6.42 Å². The van der Waals surface area contributed by atoms with Crippen molar-refractivity contribution in [2.75, 3.05) is 27.3 Å². The minimum absolute atomic E-state index is 0.0718. The molecule has 1 aliphatic rings. The predicted octanol–water partition coefficient (Wildman–Crippen LogP) is 1.21. The van der Waals surface area contributed by atoms with E-state index in [0.717, 1.165) is 13.0 Å². The monoisotopic (exact) mass is 227 g/mol. The molecule has 0 aromatic rings. The molecule has 0 N–H and O–H groups in total. The second-order valence-corrected chi connectivity index (χ2v) is 3.88. The number of nitrogens with zero attached hydrogens (tertiary/aromatic N) is 1. The number of methoxy groups -OCH3 is 2. The maximum atomic E-state index is 11.7. The molecule has 4 heteroatoms. The van der Waals surface area contributed by atoms with Gasteiger partial charge in [0.25, 0.3) is 0 Å². The Kier molecular flexibility index (Phi) is 5.49. The van der Waals surface area contributed by atoms with Crippen LogP contribution in [0.4, 0.5) is 0 Å². The van der Waals surface area contributed by atoms with Gasteiger partial charge in [0.1, 0.15) is 12.2 Å². The largest absolute Gasteiger partial charge is 0.377 e. The van der Waals surface area contributed by atoms with Gasteiger partial charge in [0.05, 0.1) is 0 Å². The van der Waals surface area contributed by atoms with Gasteiger partial charge in [-0.15, -0.1) is 0 Å². The topological polar surface area (TPSA) is 38.8 Å². The number of carbonyl (C=O) groups is 1. The number of hydrogen-bond acceptors (Lipinski definition) is 3. The quantitative estimate of drug-likeness (QED) is 0.680. The van der Waals surface area contributed by atoms with Crippen LogP contribution in [0, 0.1) is 0 Å². The molecule has 4 nitrogen and oxygen atoms in total. The fourth-order valence-corrected chi connectivity index (χ4v) is 1.89. The average Bonchev–Trinajstić information content (AvgIpc) is 2.29. The summed E-state index contributed by atoms with van der Waals surface area (Å²) in [5.74, 6) is 0.173. The Morgan fingerprint density at radius 2 is 2.19 bits per heavy atom. The van der Waals surface area contributed by atoms with Crippen LogP contribution < -0.4 is 0 Å². The maximum Gasteiger partial charge on any atom is 0.222 e. The smallest absolute Gasteiger partial charge is 0.222 e. The molecule has 1 heterocycles. The summed E-state index contributed by atoms with van der Waals surface area (Å²) in [4.78, 5) is 13.5. The Bertz CT molecular complexity index is 253. The molecule has 0 radical (unpaired) electrons. The molecular weight excluding hydrogens is 206 g/mol. The number of carbonyl (C=O) groups excluding carboxylic acids is 1. The number of amides is 1. The highest BCUT2D eigenvalue weighted by molar-refractivity contribution is 5.75. The summed E-state index contributed by atoms with van der Waals surface area (Å²) in [6, 6.07) is 0. The van der Waals surface area contributed by atoms with E-state index in [1.165, 1.54) is 0 Å². The SMILES string of the molecule is CCC(=O)N1CCC=CC(OC)C(OC)C1. The van der Waals surface area contributed by atoms with E-state index in [2.05, 4.69) is 6.08 Å². The summed E-state index contributed by atoms with van der Waals surface area (Å²) in [5.41, 5.74) is 0. The average molecular weight is 227 g/mol. The second kappa shape index (κ2) is 6.66. The van der Waals surface area contributed by atoms with Crippen LogP contribution in [0.2, 0.25) is 0 Å². The van der Waals surface area contributed by atoms with Crippen LogP contribution in [0.5, 0.6) is 0 Å². The lowest BCUT2D eigenvalue weighted by atomic mass is 10.1. The molecule has 2 unspecified atom stereocenters. The fraction of sp³-hybridized carbons (Fsp3) is 0.750. The normalized spacial score (nSPS) is 26.3. The van der Waals surface area contributed by atoms with E-state index < -0.39 is 0 Å². The van der Waals surface area contributed by atoms with Crippen LogP contribution >= 0.6 is 0 Å². The van der Waals surface area contributed by atoms with Crippen molar-refractivity contribution in [2.24, 2.45) is 0 Å². The van der Waals surface area contributed by atoms with Crippen molar-refractivity contribution in [3.8, 4) is 0 Å². The van der Waals surface area contributed by atoms with E-state index in [9.17, 15) is 4.79 Å². The molecule has 2 atom stereocenters. The Morgan fingerprint density at radius 3 is 2.75 bits per heavy atom.